The molecule has 6 atom stereocenters. The Labute approximate surface area is 206 Å². The van der Waals surface area contributed by atoms with Crippen LogP contribution < -0.4 is 4.74 Å². The largest absolute Gasteiger partial charge is 0.496 e. The van der Waals surface area contributed by atoms with Crippen LogP contribution >= 0.6 is 0 Å². The van der Waals surface area contributed by atoms with E-state index < -0.39 is 40.3 Å². The maximum Gasteiger partial charge on any atom is 0.303 e. The van der Waals surface area contributed by atoms with Crippen LogP contribution in [0.25, 0.3) is 11.1 Å². The van der Waals surface area contributed by atoms with Gasteiger partial charge < -0.3 is 19.0 Å². The first-order valence-electron chi connectivity index (χ1n) is 12.2. The highest BCUT2D eigenvalue weighted by Gasteiger charge is 2.69. The Hall–Kier alpha value is -2.86. The van der Waals surface area contributed by atoms with Crippen LogP contribution in [0.4, 0.5) is 0 Å². The fourth-order valence-corrected chi connectivity index (χ4v) is 7.85. The number of ketones is 1. The predicted molar refractivity (Wildman–Crippen MR) is 131 cm³/mol. The molecule has 0 bridgehead atoms. The summed E-state index contributed by atoms with van der Waals surface area (Å²) in [5, 5.41) is 11.9. The molecule has 5 rings (SSSR count). The number of esters is 1. The lowest BCUT2D eigenvalue weighted by Crippen LogP contribution is -2.68. The second-order valence-electron chi connectivity index (χ2n) is 11.4. The van der Waals surface area contributed by atoms with Crippen LogP contribution in [-0.4, -0.2) is 36.2 Å². The Morgan fingerprint density at radius 1 is 1.23 bits per heavy atom. The van der Waals surface area contributed by atoms with Gasteiger partial charge >= 0.3 is 5.97 Å². The molecule has 1 heterocycles. The summed E-state index contributed by atoms with van der Waals surface area (Å²) in [5.74, 6) is -0.156. The fraction of sp³-hybridized carbons (Fsp3) is 0.517. The lowest BCUT2D eigenvalue weighted by molar-refractivity contribution is -0.205. The number of furan rings is 1. The molecular formula is C29H34O6. The monoisotopic (exact) mass is 478 g/mol. The highest BCUT2D eigenvalue weighted by molar-refractivity contribution is 5.96. The van der Waals surface area contributed by atoms with Crippen molar-refractivity contribution in [2.24, 2.45) is 22.7 Å². The van der Waals surface area contributed by atoms with Crippen molar-refractivity contribution in [1.29, 1.82) is 0 Å². The Kier molecular flexibility index (Phi) is 5.16. The predicted octanol–water partition coefficient (Wildman–Crippen LogP) is 4.79. The molecule has 0 radical (unpaired) electrons. The van der Waals surface area contributed by atoms with Gasteiger partial charge in [0.1, 0.15) is 11.9 Å². The van der Waals surface area contributed by atoms with Crippen LogP contribution in [0.3, 0.4) is 0 Å². The fourth-order valence-electron chi connectivity index (χ4n) is 7.85. The van der Waals surface area contributed by atoms with Crippen LogP contribution in [0.2, 0.25) is 0 Å². The van der Waals surface area contributed by atoms with Gasteiger partial charge in [-0.2, -0.15) is 0 Å². The normalized spacial score (nSPS) is 34.7. The summed E-state index contributed by atoms with van der Waals surface area (Å²) in [5.41, 5.74) is 3.22. The van der Waals surface area contributed by atoms with Gasteiger partial charge in [0.05, 0.1) is 25.7 Å². The van der Waals surface area contributed by atoms with Crippen molar-refractivity contribution in [3.63, 3.8) is 0 Å². The number of allylic oxidation sites excluding steroid dienone is 2. The summed E-state index contributed by atoms with van der Waals surface area (Å²) in [6, 6.07) is 3.96. The zero-order valence-electron chi connectivity index (χ0n) is 21.5. The summed E-state index contributed by atoms with van der Waals surface area (Å²) in [6.45, 7) is 11.5. The SMILES string of the molecule is COc1cc2c(c(C)c1-c1ccoc1)CC1C3(C)C=CC(=O)C(C)(C)C3C(O)C(OC(C)=O)C21C. The average Bonchev–Trinajstić information content (AvgIpc) is 3.41. The first-order chi connectivity index (χ1) is 16.4. The maximum absolute atomic E-state index is 13.0. The smallest absolute Gasteiger partial charge is 0.303 e. The van der Waals surface area contributed by atoms with Gasteiger partial charge in [0, 0.05) is 34.8 Å². The number of carbonyl (C=O) groups excluding carboxylic acids is 2. The minimum absolute atomic E-state index is 0.00520. The van der Waals surface area contributed by atoms with E-state index in [0.29, 0.717) is 5.75 Å². The number of aliphatic hydroxyl groups is 1. The number of hydrogen-bond donors (Lipinski definition) is 1. The van der Waals surface area contributed by atoms with Crippen molar-refractivity contribution in [3.8, 4) is 16.9 Å². The molecule has 1 fully saturated rings. The summed E-state index contributed by atoms with van der Waals surface area (Å²) < 4.78 is 17.2. The van der Waals surface area contributed by atoms with E-state index in [2.05, 4.69) is 20.8 Å². The molecule has 0 amide bonds. The van der Waals surface area contributed by atoms with Crippen molar-refractivity contribution >= 4 is 11.8 Å². The molecule has 0 spiro atoms. The molecule has 186 valence electrons. The molecule has 6 heteroatoms. The summed E-state index contributed by atoms with van der Waals surface area (Å²) >= 11 is 0. The topological polar surface area (TPSA) is 86.0 Å². The molecule has 1 N–H and O–H groups in total. The van der Waals surface area contributed by atoms with E-state index in [1.165, 1.54) is 12.5 Å². The molecule has 1 saturated carbocycles. The Morgan fingerprint density at radius 2 is 1.94 bits per heavy atom. The van der Waals surface area contributed by atoms with E-state index in [9.17, 15) is 14.7 Å². The molecule has 0 aliphatic heterocycles. The van der Waals surface area contributed by atoms with Gasteiger partial charge in [-0.15, -0.1) is 0 Å². The van der Waals surface area contributed by atoms with E-state index in [1.54, 1.807) is 25.7 Å². The third-order valence-electron chi connectivity index (χ3n) is 9.38. The van der Waals surface area contributed by atoms with Gasteiger partial charge in [-0.05, 0) is 59.6 Å². The maximum atomic E-state index is 13.0. The Balaban J connectivity index is 1.79. The zero-order chi connectivity index (χ0) is 25.5. The van der Waals surface area contributed by atoms with E-state index in [0.717, 1.165) is 28.7 Å². The van der Waals surface area contributed by atoms with Gasteiger partial charge in [-0.3, -0.25) is 9.59 Å². The molecule has 6 nitrogen and oxygen atoms in total. The number of benzene rings is 1. The van der Waals surface area contributed by atoms with Gasteiger partial charge in [0.15, 0.2) is 5.78 Å². The van der Waals surface area contributed by atoms with Crippen molar-refractivity contribution in [3.05, 3.63) is 53.5 Å². The second kappa shape index (κ2) is 7.57. The highest BCUT2D eigenvalue weighted by atomic mass is 16.6. The lowest BCUT2D eigenvalue weighted by atomic mass is 9.43. The van der Waals surface area contributed by atoms with Crippen LogP contribution in [0.15, 0.2) is 41.2 Å². The quantitative estimate of drug-likeness (QED) is 0.639. The molecule has 1 aromatic carbocycles. The van der Waals surface area contributed by atoms with Crippen molar-refractivity contribution < 1.29 is 28.6 Å². The minimum atomic E-state index is -1.01. The van der Waals surface area contributed by atoms with Crippen LogP contribution in [-0.2, 0) is 26.2 Å². The standard InChI is InChI=1S/C29H34O6/c1-15-18-12-21-28(5)10-8-22(31)27(3,4)25(28)24(32)26(35-16(2)30)29(21,6)19(18)13-20(33-7)23(15)17-9-11-34-14-17/h8-11,13-14,21,24-26,32H,12H2,1-7H3. The summed E-state index contributed by atoms with van der Waals surface area (Å²) in [7, 11) is 1.65. The summed E-state index contributed by atoms with van der Waals surface area (Å²) in [6.07, 6.45) is 5.96. The number of carbonyl (C=O) groups is 2. The second-order valence-corrected chi connectivity index (χ2v) is 11.4. The lowest BCUT2D eigenvalue weighted by Gasteiger charge is -2.62. The molecule has 2 aromatic rings. The van der Waals surface area contributed by atoms with E-state index in [-0.39, 0.29) is 11.7 Å². The summed E-state index contributed by atoms with van der Waals surface area (Å²) in [4.78, 5) is 25.3. The molecule has 6 unspecified atom stereocenters. The first-order valence-corrected chi connectivity index (χ1v) is 12.2. The number of methoxy groups -OCH3 is 1. The molecule has 1 aromatic heterocycles. The number of rotatable bonds is 3. The van der Waals surface area contributed by atoms with E-state index >= 15 is 0 Å². The van der Waals surface area contributed by atoms with Gasteiger partial charge in [0.2, 0.25) is 0 Å². The highest BCUT2D eigenvalue weighted by Crippen LogP contribution is 2.67. The zero-order valence-corrected chi connectivity index (χ0v) is 21.5. The molecule has 3 aliphatic carbocycles. The van der Waals surface area contributed by atoms with E-state index in [1.807, 2.05) is 32.1 Å². The number of fused-ring (bicyclic) bond motifs is 5. The number of hydrogen-bond acceptors (Lipinski definition) is 6. The van der Waals surface area contributed by atoms with Crippen LogP contribution in [0.1, 0.15) is 51.3 Å². The van der Waals surface area contributed by atoms with Crippen LogP contribution in [0, 0.1) is 29.6 Å². The number of ether oxygens (including phenoxy) is 2. The molecule has 3 aliphatic rings. The van der Waals surface area contributed by atoms with E-state index in [4.69, 9.17) is 13.9 Å². The first kappa shape index (κ1) is 23.9. The molecule has 0 saturated heterocycles. The average molecular weight is 479 g/mol. The van der Waals surface area contributed by atoms with Gasteiger partial charge in [-0.25, -0.2) is 0 Å². The molecule has 35 heavy (non-hydrogen) atoms. The van der Waals surface area contributed by atoms with Gasteiger partial charge in [-0.1, -0.05) is 33.8 Å². The Bertz CT molecular complexity index is 1240. The Morgan fingerprint density at radius 3 is 2.54 bits per heavy atom. The third-order valence-corrected chi connectivity index (χ3v) is 9.38. The van der Waals surface area contributed by atoms with Gasteiger partial charge in [0.25, 0.3) is 0 Å². The van der Waals surface area contributed by atoms with Crippen LogP contribution in [0.5, 0.6) is 5.75 Å². The third kappa shape index (κ3) is 2.98. The molecular weight excluding hydrogens is 444 g/mol. The van der Waals surface area contributed by atoms with Crippen molar-refractivity contribution in [1.82, 2.24) is 0 Å². The van der Waals surface area contributed by atoms with Crippen molar-refractivity contribution in [2.45, 2.75) is 65.6 Å². The van der Waals surface area contributed by atoms with Crippen molar-refractivity contribution in [2.75, 3.05) is 7.11 Å². The minimum Gasteiger partial charge on any atom is -0.496 e. The number of aliphatic hydroxyl groups excluding tert-OH is 1.